The van der Waals surface area contributed by atoms with Crippen LogP contribution in [-0.2, 0) is 24.8 Å². The molecule has 4 rings (SSSR count). The van der Waals surface area contributed by atoms with Gasteiger partial charge >= 0.3 is 0 Å². The first-order chi connectivity index (χ1) is 18.5. The molecule has 0 radical (unpaired) electrons. The molecule has 1 amide bonds. The van der Waals surface area contributed by atoms with Crippen LogP contribution in [0.1, 0.15) is 25.3 Å². The number of carbonyl (C=O) groups excluding carboxylic acids is 1. The number of amides is 1. The fourth-order valence-corrected chi connectivity index (χ4v) is 6.44. The van der Waals surface area contributed by atoms with Crippen LogP contribution in [0.25, 0.3) is 6.08 Å². The van der Waals surface area contributed by atoms with Crippen LogP contribution in [0.15, 0.2) is 83.1 Å². The molecule has 3 N–H and O–H groups in total. The number of nitrogens with one attached hydrogen (secondary N) is 3. The summed E-state index contributed by atoms with van der Waals surface area (Å²) in [6, 6.07) is 18.7. The Morgan fingerprint density at radius 1 is 0.923 bits per heavy atom. The minimum atomic E-state index is -4.04. The van der Waals surface area contributed by atoms with E-state index in [0.29, 0.717) is 11.3 Å². The monoisotopic (exact) mass is 588 g/mol. The zero-order valence-corrected chi connectivity index (χ0v) is 23.6. The molecule has 12 heteroatoms. The van der Waals surface area contributed by atoms with E-state index in [1.54, 1.807) is 54.6 Å². The van der Waals surface area contributed by atoms with Crippen LogP contribution >= 0.6 is 11.6 Å². The van der Waals surface area contributed by atoms with E-state index in [-0.39, 0.29) is 21.3 Å². The molecule has 3 aromatic carbocycles. The normalized spacial score (nSPS) is 14.9. The average Bonchev–Trinajstić information content (AvgIpc) is 3.44. The van der Waals surface area contributed by atoms with E-state index in [4.69, 9.17) is 11.6 Å². The lowest BCUT2D eigenvalue weighted by atomic mass is 10.2. The molecule has 3 aromatic rings. The first kappa shape index (κ1) is 28.6. The van der Waals surface area contributed by atoms with Gasteiger partial charge in [-0.1, -0.05) is 54.1 Å². The number of nitrogens with zero attached hydrogens (tertiary/aromatic N) is 1. The molecular weight excluding hydrogens is 560 g/mol. The Morgan fingerprint density at radius 3 is 2.28 bits per heavy atom. The molecule has 1 aliphatic heterocycles. The molecule has 206 valence electrons. The summed E-state index contributed by atoms with van der Waals surface area (Å²) in [5.41, 5.74) is 1.82. The van der Waals surface area contributed by atoms with Crippen molar-refractivity contribution < 1.29 is 21.6 Å². The van der Waals surface area contributed by atoms with Crippen molar-refractivity contribution in [2.45, 2.75) is 30.7 Å². The van der Waals surface area contributed by atoms with E-state index in [9.17, 15) is 21.6 Å². The second-order valence-electron chi connectivity index (χ2n) is 9.05. The van der Waals surface area contributed by atoms with E-state index >= 15 is 0 Å². The minimum Gasteiger partial charge on any atom is -0.370 e. The van der Waals surface area contributed by atoms with Gasteiger partial charge in [0.15, 0.2) is 0 Å². The Labute approximate surface area is 234 Å². The van der Waals surface area contributed by atoms with Crippen molar-refractivity contribution in [1.82, 2.24) is 4.72 Å². The molecule has 1 saturated heterocycles. The van der Waals surface area contributed by atoms with Crippen LogP contribution in [-0.4, -0.2) is 41.9 Å². The Bertz CT molecular complexity index is 1570. The van der Waals surface area contributed by atoms with Gasteiger partial charge in [-0.3, -0.25) is 9.52 Å². The molecule has 0 unspecified atom stereocenters. The van der Waals surface area contributed by atoms with E-state index < -0.39 is 32.0 Å². The number of hydrogen-bond acceptors (Lipinski definition) is 6. The van der Waals surface area contributed by atoms with Gasteiger partial charge in [0.1, 0.15) is 0 Å². The summed E-state index contributed by atoms with van der Waals surface area (Å²) >= 11 is 6.12. The highest BCUT2D eigenvalue weighted by molar-refractivity contribution is 7.93. The van der Waals surface area contributed by atoms with Gasteiger partial charge in [-0.05, 0) is 61.7 Å². The fourth-order valence-electron chi connectivity index (χ4n) is 4.08. The second-order valence-corrected chi connectivity index (χ2v) is 12.7. The summed E-state index contributed by atoms with van der Waals surface area (Å²) in [4.78, 5) is 15.0. The maximum absolute atomic E-state index is 13.1. The number of sulfonamides is 2. The number of rotatable bonds is 10. The Balaban J connectivity index is 1.55. The summed E-state index contributed by atoms with van der Waals surface area (Å²) in [5, 5.41) is 3.96. The molecule has 9 nitrogen and oxygen atoms in total. The molecule has 0 saturated carbocycles. The quantitative estimate of drug-likeness (QED) is 0.316. The van der Waals surface area contributed by atoms with Crippen molar-refractivity contribution in [3.8, 4) is 0 Å². The second kappa shape index (κ2) is 12.2. The number of hydrogen-bond donors (Lipinski definition) is 3. The van der Waals surface area contributed by atoms with Gasteiger partial charge in [0.05, 0.1) is 33.0 Å². The van der Waals surface area contributed by atoms with Gasteiger partial charge in [0, 0.05) is 18.5 Å². The van der Waals surface area contributed by atoms with Gasteiger partial charge in [-0.2, -0.15) is 4.72 Å². The van der Waals surface area contributed by atoms with E-state index in [1.807, 2.05) is 11.0 Å². The first-order valence-electron chi connectivity index (χ1n) is 12.3. The lowest BCUT2D eigenvalue weighted by molar-refractivity contribution is -0.117. The van der Waals surface area contributed by atoms with E-state index in [0.717, 1.165) is 31.3 Å². The molecule has 0 bridgehead atoms. The predicted octanol–water partition coefficient (Wildman–Crippen LogP) is 4.66. The number of anilines is 3. The molecule has 0 spiro atoms. The smallest absolute Gasteiger partial charge is 0.262 e. The molecule has 0 aromatic heterocycles. The van der Waals surface area contributed by atoms with Crippen LogP contribution in [0.4, 0.5) is 17.1 Å². The predicted molar refractivity (Wildman–Crippen MR) is 156 cm³/mol. The highest BCUT2D eigenvalue weighted by atomic mass is 35.5. The van der Waals surface area contributed by atoms with Gasteiger partial charge in [-0.15, -0.1) is 0 Å². The maximum atomic E-state index is 13.1. The van der Waals surface area contributed by atoms with Crippen molar-refractivity contribution in [1.29, 1.82) is 0 Å². The summed E-state index contributed by atoms with van der Waals surface area (Å²) in [6.45, 7) is 2.91. The standard InChI is InChI=1S/C27H29ClN4O5S2/c1-20(30-38(34,35)18-15-21-9-3-2-4-10-21)27(33)29-25-19-22(13-14-26(25)32-16-7-8-17-32)39(36,37)31-24-12-6-5-11-23(24)28/h2-6,9-15,18-20,30-31H,7-8,16-17H2,1H3,(H,29,33)/b18-15+/t20-/m1/s1. The lowest BCUT2D eigenvalue weighted by Crippen LogP contribution is -2.41. The van der Waals surface area contributed by atoms with E-state index in [1.165, 1.54) is 25.1 Å². The van der Waals surface area contributed by atoms with Gasteiger partial charge in [-0.25, -0.2) is 16.8 Å². The van der Waals surface area contributed by atoms with Gasteiger partial charge in [0.25, 0.3) is 10.0 Å². The SMILES string of the molecule is C[C@@H](NS(=O)(=O)/C=C/c1ccccc1)C(=O)Nc1cc(S(=O)(=O)Nc2ccccc2Cl)ccc1N1CCCC1. The number of para-hydroxylation sites is 1. The van der Waals surface area contributed by atoms with Crippen LogP contribution in [0.2, 0.25) is 5.02 Å². The zero-order chi connectivity index (χ0) is 28.0. The number of benzene rings is 3. The number of carbonyl (C=O) groups is 1. The van der Waals surface area contributed by atoms with Crippen molar-refractivity contribution >= 4 is 60.7 Å². The van der Waals surface area contributed by atoms with E-state index in [2.05, 4.69) is 14.8 Å². The average molecular weight is 589 g/mol. The van der Waals surface area contributed by atoms with Crippen molar-refractivity contribution in [3.63, 3.8) is 0 Å². The highest BCUT2D eigenvalue weighted by Crippen LogP contribution is 2.33. The summed E-state index contributed by atoms with van der Waals surface area (Å²) < 4.78 is 56.2. The summed E-state index contributed by atoms with van der Waals surface area (Å²) in [6.07, 6.45) is 3.36. The van der Waals surface area contributed by atoms with Crippen molar-refractivity contribution in [2.75, 3.05) is 28.0 Å². The molecule has 1 heterocycles. The Morgan fingerprint density at radius 2 is 1.59 bits per heavy atom. The third kappa shape index (κ3) is 7.60. The van der Waals surface area contributed by atoms with Crippen molar-refractivity contribution in [2.24, 2.45) is 0 Å². The first-order valence-corrected chi connectivity index (χ1v) is 15.7. The fraction of sp³-hybridized carbons (Fsp3) is 0.222. The largest absolute Gasteiger partial charge is 0.370 e. The van der Waals surface area contributed by atoms with Crippen LogP contribution in [0.3, 0.4) is 0 Å². The maximum Gasteiger partial charge on any atom is 0.262 e. The van der Waals surface area contributed by atoms with Gasteiger partial charge < -0.3 is 10.2 Å². The lowest BCUT2D eigenvalue weighted by Gasteiger charge is -2.23. The summed E-state index contributed by atoms with van der Waals surface area (Å²) in [7, 11) is -7.97. The molecular formula is C27H29ClN4O5S2. The molecule has 1 aliphatic rings. The molecule has 0 aliphatic carbocycles. The van der Waals surface area contributed by atoms with Crippen LogP contribution < -0.4 is 19.7 Å². The van der Waals surface area contributed by atoms with Crippen LogP contribution in [0, 0.1) is 0 Å². The molecule has 1 atom stereocenters. The van der Waals surface area contributed by atoms with Gasteiger partial charge in [0.2, 0.25) is 15.9 Å². The van der Waals surface area contributed by atoms with Crippen molar-refractivity contribution in [3.05, 3.63) is 88.8 Å². The third-order valence-corrected chi connectivity index (χ3v) is 8.94. The highest BCUT2D eigenvalue weighted by Gasteiger charge is 2.24. The third-order valence-electron chi connectivity index (χ3n) is 6.07. The Kier molecular flexibility index (Phi) is 8.96. The number of halogens is 1. The Hall–Kier alpha value is -3.38. The summed E-state index contributed by atoms with van der Waals surface area (Å²) in [5.74, 6) is -0.638. The molecule has 39 heavy (non-hydrogen) atoms. The zero-order valence-electron chi connectivity index (χ0n) is 21.2. The van der Waals surface area contributed by atoms with Crippen LogP contribution in [0.5, 0.6) is 0 Å². The molecule has 1 fully saturated rings. The minimum absolute atomic E-state index is 0.0836. The topological polar surface area (TPSA) is 125 Å².